The minimum Gasteiger partial charge on any atom is -0.328 e. The highest BCUT2D eigenvalue weighted by atomic mass is 31.2. The molecule has 2 aromatic carbocycles. The molecule has 8 heteroatoms. The van der Waals surface area contributed by atoms with Crippen LogP contribution >= 0.6 is 17.2 Å². The first-order valence-electron chi connectivity index (χ1n) is 10.3. The second-order valence-electron chi connectivity index (χ2n) is 6.99. The third-order valence-electron chi connectivity index (χ3n) is 4.75. The molecule has 0 aromatic heterocycles. The highest BCUT2D eigenvalue weighted by Crippen LogP contribution is 2.30. The molecule has 0 aliphatic carbocycles. The molecular weight excluding hydrogens is 422 g/mol. The lowest BCUT2D eigenvalue weighted by atomic mass is 9.87. The summed E-state index contributed by atoms with van der Waals surface area (Å²) in [4.78, 5) is 39.0. The van der Waals surface area contributed by atoms with E-state index in [2.05, 4.69) is 60.7 Å². The van der Waals surface area contributed by atoms with Gasteiger partial charge in [-0.3, -0.25) is 0 Å². The fourth-order valence-electron chi connectivity index (χ4n) is 3.38. The molecule has 30 heavy (non-hydrogen) atoms. The molecule has 0 saturated heterocycles. The minimum absolute atomic E-state index is 0.453. The number of hydrogen-bond donors (Lipinski definition) is 5. The second kappa shape index (κ2) is 17.7. The van der Waals surface area contributed by atoms with Gasteiger partial charge in [-0.1, -0.05) is 99.2 Å². The lowest BCUT2D eigenvalue weighted by molar-refractivity contribution is 0.248. The van der Waals surface area contributed by atoms with Crippen LogP contribution in [-0.2, 0) is 4.52 Å². The van der Waals surface area contributed by atoms with Crippen LogP contribution in [0.4, 0.5) is 0 Å². The van der Waals surface area contributed by atoms with Gasteiger partial charge in [0.25, 0.3) is 0 Å². The van der Waals surface area contributed by atoms with Crippen molar-refractivity contribution in [1.29, 1.82) is 0 Å². The Bertz CT molecular complexity index is 586. The Morgan fingerprint density at radius 2 is 1.00 bits per heavy atom. The molecule has 0 spiro atoms. The maximum Gasteiger partial charge on any atom is 0.327 e. The zero-order chi connectivity index (χ0) is 22.0. The van der Waals surface area contributed by atoms with Crippen LogP contribution in [0.5, 0.6) is 0 Å². The van der Waals surface area contributed by atoms with Gasteiger partial charge in [-0.05, 0) is 24.0 Å². The van der Waals surface area contributed by atoms with Crippen molar-refractivity contribution in [2.45, 2.75) is 57.3 Å². The van der Waals surface area contributed by atoms with Crippen molar-refractivity contribution in [3.8, 4) is 0 Å². The van der Waals surface area contributed by atoms with Crippen LogP contribution in [0.2, 0.25) is 0 Å². The SMILES string of the molecule is OP(O)O.OP(O)OCCCCCCCCCC(c1ccccc1)c1ccccc1. The summed E-state index contributed by atoms with van der Waals surface area (Å²) in [7, 11) is -4.80. The molecule has 0 fully saturated rings. The van der Waals surface area contributed by atoms with Crippen LogP contribution in [0.25, 0.3) is 0 Å². The topological polar surface area (TPSA) is 110 Å². The predicted molar refractivity (Wildman–Crippen MR) is 123 cm³/mol. The van der Waals surface area contributed by atoms with E-state index in [1.54, 1.807) is 0 Å². The zero-order valence-corrected chi connectivity index (χ0v) is 19.0. The van der Waals surface area contributed by atoms with Gasteiger partial charge in [-0.2, -0.15) is 0 Å². The van der Waals surface area contributed by atoms with E-state index in [4.69, 9.17) is 29.0 Å². The van der Waals surface area contributed by atoms with Gasteiger partial charge in [-0.25, -0.2) is 0 Å². The third kappa shape index (κ3) is 14.1. The summed E-state index contributed by atoms with van der Waals surface area (Å²) < 4.78 is 4.77. The van der Waals surface area contributed by atoms with Gasteiger partial charge in [0.15, 0.2) is 0 Å². The summed E-state index contributed by atoms with van der Waals surface area (Å²) in [6.45, 7) is 0.453. The van der Waals surface area contributed by atoms with Crippen LogP contribution in [-0.4, -0.2) is 31.1 Å². The first-order valence-corrected chi connectivity index (χ1v) is 12.6. The third-order valence-corrected chi connectivity index (χ3v) is 5.16. The Kier molecular flexibility index (Phi) is 16.0. The summed E-state index contributed by atoms with van der Waals surface area (Å²) in [5.41, 5.74) is 2.82. The van der Waals surface area contributed by atoms with E-state index >= 15 is 0 Å². The van der Waals surface area contributed by atoms with Crippen molar-refractivity contribution < 1.29 is 29.0 Å². The van der Waals surface area contributed by atoms with Crippen molar-refractivity contribution >= 4 is 17.2 Å². The number of hydrogen-bond acceptors (Lipinski definition) is 6. The normalized spacial score (nSPS) is 11.1. The molecular formula is C22H34O6P2. The Morgan fingerprint density at radius 1 is 0.600 bits per heavy atom. The van der Waals surface area contributed by atoms with Gasteiger partial charge in [0.2, 0.25) is 0 Å². The Balaban J connectivity index is 0.00000103. The van der Waals surface area contributed by atoms with Gasteiger partial charge >= 0.3 is 17.2 Å². The quantitative estimate of drug-likeness (QED) is 0.205. The summed E-state index contributed by atoms with van der Waals surface area (Å²) in [6.07, 6.45) is 9.42. The van der Waals surface area contributed by atoms with Gasteiger partial charge in [0, 0.05) is 5.92 Å². The molecule has 0 saturated carbocycles. The molecule has 0 unspecified atom stereocenters. The van der Waals surface area contributed by atoms with Crippen molar-refractivity contribution in [2.24, 2.45) is 0 Å². The molecule has 0 atom stereocenters. The molecule has 2 rings (SSSR count). The summed E-state index contributed by atoms with van der Waals surface area (Å²) >= 11 is 0. The number of unbranched alkanes of at least 4 members (excludes halogenated alkanes) is 6. The zero-order valence-electron chi connectivity index (χ0n) is 17.3. The molecule has 0 amide bonds. The second-order valence-corrected chi connectivity index (χ2v) is 8.29. The fourth-order valence-corrected chi connectivity index (χ4v) is 3.67. The van der Waals surface area contributed by atoms with Gasteiger partial charge in [-0.15, -0.1) is 0 Å². The average Bonchev–Trinajstić information content (AvgIpc) is 2.73. The summed E-state index contributed by atoms with van der Waals surface area (Å²) in [6, 6.07) is 21.6. The largest absolute Gasteiger partial charge is 0.328 e. The van der Waals surface area contributed by atoms with Gasteiger partial charge < -0.3 is 29.0 Å². The molecule has 168 valence electrons. The lowest BCUT2D eigenvalue weighted by Gasteiger charge is -2.18. The Morgan fingerprint density at radius 3 is 1.43 bits per heavy atom. The van der Waals surface area contributed by atoms with E-state index in [0.717, 1.165) is 12.8 Å². The van der Waals surface area contributed by atoms with E-state index in [9.17, 15) is 0 Å². The van der Waals surface area contributed by atoms with Crippen molar-refractivity contribution in [2.75, 3.05) is 6.61 Å². The lowest BCUT2D eigenvalue weighted by Crippen LogP contribution is -2.01. The monoisotopic (exact) mass is 456 g/mol. The summed E-state index contributed by atoms with van der Waals surface area (Å²) in [5.74, 6) is 0.487. The maximum atomic E-state index is 8.66. The summed E-state index contributed by atoms with van der Waals surface area (Å²) in [5, 5.41) is 0. The van der Waals surface area contributed by atoms with Gasteiger partial charge in [0.1, 0.15) is 0 Å². The van der Waals surface area contributed by atoms with Gasteiger partial charge in [0.05, 0.1) is 6.61 Å². The van der Waals surface area contributed by atoms with Crippen LogP contribution < -0.4 is 0 Å². The first kappa shape index (κ1) is 27.1. The number of benzene rings is 2. The molecule has 6 nitrogen and oxygen atoms in total. The fraction of sp³-hybridized carbons (Fsp3) is 0.455. The average molecular weight is 456 g/mol. The predicted octanol–water partition coefficient (Wildman–Crippen LogP) is 5.36. The van der Waals surface area contributed by atoms with Crippen molar-refractivity contribution in [3.63, 3.8) is 0 Å². The number of rotatable bonds is 13. The molecule has 2 aromatic rings. The molecule has 5 N–H and O–H groups in total. The van der Waals surface area contributed by atoms with E-state index in [-0.39, 0.29) is 0 Å². The van der Waals surface area contributed by atoms with E-state index in [1.165, 1.54) is 49.7 Å². The standard InChI is InChI=1S/C22H31O3P.H3O3P/c23-26(24)25-19-13-5-3-1-2-4-12-18-22(20-14-8-6-9-15-20)21-16-10-7-11-17-21;1-4(2)3/h6-11,14-17,22-24H,1-5,12-13,18-19H2;1-3H. The molecule has 0 aliphatic heterocycles. The van der Waals surface area contributed by atoms with Crippen molar-refractivity contribution in [3.05, 3.63) is 71.8 Å². The van der Waals surface area contributed by atoms with Crippen molar-refractivity contribution in [1.82, 2.24) is 0 Å². The molecule has 0 aliphatic rings. The molecule has 0 radical (unpaired) electrons. The van der Waals surface area contributed by atoms with Crippen LogP contribution in [0.15, 0.2) is 60.7 Å². The molecule has 0 heterocycles. The van der Waals surface area contributed by atoms with E-state index < -0.39 is 17.2 Å². The Hall–Kier alpha value is -0.940. The highest BCUT2D eigenvalue weighted by molar-refractivity contribution is 7.39. The van der Waals surface area contributed by atoms with Crippen LogP contribution in [0.1, 0.15) is 68.4 Å². The Labute approximate surface area is 182 Å². The first-order chi connectivity index (χ1) is 14.5. The highest BCUT2D eigenvalue weighted by Gasteiger charge is 2.13. The van der Waals surface area contributed by atoms with Crippen LogP contribution in [0, 0.1) is 0 Å². The van der Waals surface area contributed by atoms with E-state index in [1.807, 2.05) is 0 Å². The van der Waals surface area contributed by atoms with E-state index in [0.29, 0.717) is 12.5 Å². The smallest absolute Gasteiger partial charge is 0.327 e. The maximum absolute atomic E-state index is 8.66. The minimum atomic E-state index is -2.62. The molecule has 0 bridgehead atoms. The van der Waals surface area contributed by atoms with Crippen LogP contribution in [0.3, 0.4) is 0 Å².